The van der Waals surface area contributed by atoms with E-state index in [1.807, 2.05) is 30.3 Å². The topological polar surface area (TPSA) is 85.3 Å². The van der Waals surface area contributed by atoms with Crippen LogP contribution in [0.4, 0.5) is 0 Å². The predicted octanol–water partition coefficient (Wildman–Crippen LogP) is 1.83. The molecule has 0 atom stereocenters. The van der Waals surface area contributed by atoms with Gasteiger partial charge in [-0.3, -0.25) is 0 Å². The fourth-order valence-electron chi connectivity index (χ4n) is 0.567. The van der Waals surface area contributed by atoms with E-state index in [1.54, 1.807) is 0 Å². The van der Waals surface area contributed by atoms with Crippen molar-refractivity contribution in [2.24, 2.45) is 0 Å². The fraction of sp³-hybridized carbons (Fsp3) is 0.143. The van der Waals surface area contributed by atoms with Crippen molar-refractivity contribution in [3.8, 4) is 0 Å². The van der Waals surface area contributed by atoms with Crippen molar-refractivity contribution in [2.75, 3.05) is 0 Å². The zero-order chi connectivity index (χ0) is 11.3. The molecule has 0 spiro atoms. The molecule has 0 aliphatic carbocycles. The van der Waals surface area contributed by atoms with E-state index < -0.39 is 12.6 Å². The van der Waals surface area contributed by atoms with E-state index in [2.05, 4.69) is 0 Å². The van der Waals surface area contributed by atoms with Crippen LogP contribution in [-0.2, 0) is 36.9 Å². The average molecular weight is 258 g/mol. The first-order valence-electron chi connectivity index (χ1n) is 3.44. The van der Waals surface area contributed by atoms with Crippen LogP contribution in [0, 0.1) is 0 Å². The molecule has 0 radical (unpaired) electrons. The average Bonchev–Trinajstić information content (AvgIpc) is 2.01. The van der Waals surface area contributed by atoms with Gasteiger partial charge in [-0.15, -0.1) is 11.6 Å². The van der Waals surface area contributed by atoms with E-state index in [1.165, 1.54) is 5.56 Å². The Morgan fingerprint density at radius 2 is 1.29 bits per heavy atom. The van der Waals surface area contributed by atoms with E-state index in [-0.39, 0.29) is 0 Å². The minimum atomic E-state index is -7.74. The third kappa shape index (κ3) is 13.7. The number of benzene rings is 1. The van der Waals surface area contributed by atoms with Gasteiger partial charge in [-0.05, 0) is 5.56 Å². The fourth-order valence-corrected chi connectivity index (χ4v) is 0.745. The summed E-state index contributed by atoms with van der Waals surface area (Å²) in [5.41, 5.74) is 1.18. The number of alkyl halides is 1. The zero-order valence-electron chi connectivity index (χ0n) is 6.96. The van der Waals surface area contributed by atoms with Gasteiger partial charge in [0.2, 0.25) is 0 Å². The summed E-state index contributed by atoms with van der Waals surface area (Å²) in [5.74, 6) is 0.612. The Morgan fingerprint density at radius 3 is 1.50 bits per heavy atom. The molecule has 1 aromatic carbocycles. The van der Waals surface area contributed by atoms with Gasteiger partial charge in [0.15, 0.2) is 0 Å². The van der Waals surface area contributed by atoms with Gasteiger partial charge in [0.1, 0.15) is 0 Å². The van der Waals surface area contributed by atoms with Gasteiger partial charge in [0, 0.05) is 5.88 Å². The number of halogens is 1. The molecule has 0 bridgehead atoms. The Kier molecular flexibility index (Phi) is 4.25. The van der Waals surface area contributed by atoms with E-state index in [4.69, 9.17) is 30.0 Å². The first kappa shape index (κ1) is 13.1. The third-order valence-electron chi connectivity index (χ3n) is 0.997. The van der Waals surface area contributed by atoms with Crippen LogP contribution in [0.2, 0.25) is 0 Å². The third-order valence-corrected chi connectivity index (χ3v) is 1.31. The number of hydrogen-bond acceptors (Lipinski definition) is 5. The number of hydrogen-bond donors (Lipinski definition) is 0. The van der Waals surface area contributed by atoms with Crippen molar-refractivity contribution in [1.82, 2.24) is 0 Å². The van der Waals surface area contributed by atoms with Crippen LogP contribution in [0.1, 0.15) is 5.56 Å². The second-order valence-corrected chi connectivity index (χ2v) is 4.96. The normalized spacial score (nSPS) is 9.50. The molecule has 0 saturated heterocycles. The van der Waals surface area contributed by atoms with Crippen molar-refractivity contribution in [2.45, 2.75) is 5.88 Å². The summed E-state index contributed by atoms with van der Waals surface area (Å²) < 4.78 is 43.2. The zero-order valence-corrected chi connectivity index (χ0v) is 9.11. The van der Waals surface area contributed by atoms with Crippen molar-refractivity contribution in [1.29, 1.82) is 0 Å². The van der Waals surface area contributed by atoms with Crippen LogP contribution in [0.5, 0.6) is 0 Å². The van der Waals surface area contributed by atoms with E-state index in [0.717, 1.165) is 0 Å². The summed E-state index contributed by atoms with van der Waals surface area (Å²) >= 11 is -2.21. The number of rotatable bonds is 1. The van der Waals surface area contributed by atoms with Gasteiger partial charge >= 0.3 is 31.0 Å². The Morgan fingerprint density at radius 1 is 0.929 bits per heavy atom. The molecule has 7 heteroatoms. The molecule has 0 aromatic heterocycles. The second-order valence-electron chi connectivity index (χ2n) is 2.36. The van der Waals surface area contributed by atoms with Crippen molar-refractivity contribution in [3.63, 3.8) is 0 Å². The van der Waals surface area contributed by atoms with Crippen molar-refractivity contribution < 1.29 is 31.0 Å². The Hall–Kier alpha value is -0.906. The Balaban J connectivity index is 0.000000255. The van der Waals surface area contributed by atoms with E-state index in [0.29, 0.717) is 5.88 Å². The SMILES string of the molecule is ClCc1ccccc1.[O]=[V](=[O])(=[O])(=[O])=[O]. The summed E-state index contributed by atoms with van der Waals surface area (Å²) in [4.78, 5) is 0. The molecule has 0 N–H and O–H groups in total. The van der Waals surface area contributed by atoms with Crippen LogP contribution >= 0.6 is 11.6 Å². The summed E-state index contributed by atoms with van der Waals surface area (Å²) in [6.45, 7) is 0. The maximum atomic E-state index is 8.64. The van der Waals surface area contributed by atoms with Crippen molar-refractivity contribution >= 4 is 11.6 Å². The van der Waals surface area contributed by atoms with Crippen LogP contribution in [0.3, 0.4) is 0 Å². The first-order chi connectivity index (χ1) is 6.17. The monoisotopic (exact) mass is 257 g/mol. The van der Waals surface area contributed by atoms with Crippen LogP contribution in [0.25, 0.3) is 0 Å². The first-order valence-corrected chi connectivity index (χ1v) is 6.83. The predicted molar refractivity (Wildman–Crippen MR) is 39.4 cm³/mol. The standard InChI is InChI=1S/C7H7Cl.5O.V/c8-6-7-4-2-1-3-5-7;;;;;;/h1-5H,6H2;;;;;;. The summed E-state index contributed by atoms with van der Waals surface area (Å²) in [5, 5.41) is 0. The summed E-state index contributed by atoms with van der Waals surface area (Å²) in [6, 6.07) is 9.96. The minimum absolute atomic E-state index is 0.612. The second kappa shape index (κ2) is 4.55. The Bertz CT molecular complexity index is 548. The molecule has 14 heavy (non-hydrogen) atoms. The summed E-state index contributed by atoms with van der Waals surface area (Å²) in [7, 11) is 0. The molecule has 77 valence electrons. The van der Waals surface area contributed by atoms with Gasteiger partial charge in [0.25, 0.3) is 0 Å². The van der Waals surface area contributed by atoms with E-state index >= 15 is 0 Å². The van der Waals surface area contributed by atoms with Crippen LogP contribution in [-0.4, -0.2) is 0 Å². The summed E-state index contributed by atoms with van der Waals surface area (Å²) in [6.07, 6.45) is 0. The Labute approximate surface area is 84.6 Å². The molecule has 0 aliphatic heterocycles. The molecule has 0 aliphatic rings. The van der Waals surface area contributed by atoms with Gasteiger partial charge in [-0.2, -0.15) is 0 Å². The molecule has 0 amide bonds. The van der Waals surface area contributed by atoms with Gasteiger partial charge in [0.05, 0.1) is 0 Å². The molecule has 1 aromatic rings. The van der Waals surface area contributed by atoms with Gasteiger partial charge < -0.3 is 0 Å². The van der Waals surface area contributed by atoms with Gasteiger partial charge in [-0.25, -0.2) is 0 Å². The molecular formula is C7H7ClO5V. The molecule has 5 nitrogen and oxygen atoms in total. The van der Waals surface area contributed by atoms with E-state index in [9.17, 15) is 0 Å². The van der Waals surface area contributed by atoms with Crippen LogP contribution < -0.4 is 0 Å². The molecular weight excluding hydrogens is 250 g/mol. The molecule has 0 fully saturated rings. The molecule has 0 unspecified atom stereocenters. The molecule has 0 heterocycles. The van der Waals surface area contributed by atoms with Crippen LogP contribution in [0.15, 0.2) is 30.3 Å². The van der Waals surface area contributed by atoms with Crippen molar-refractivity contribution in [3.05, 3.63) is 35.9 Å². The van der Waals surface area contributed by atoms with Gasteiger partial charge in [-0.1, -0.05) is 30.3 Å². The quantitative estimate of drug-likeness (QED) is 0.716. The molecule has 1 rings (SSSR count). The molecule has 0 saturated carbocycles. The maximum absolute atomic E-state index is 8.64.